The standard InChI is InChI=1S/C14H14O3/c1-3-11-5-7-12(8-6-11)14(16)17-10-9-13(15)4-2/h3-8H,1-2,9-10H2. The largest absolute Gasteiger partial charge is 0.462 e. The van der Waals surface area contributed by atoms with Crippen molar-refractivity contribution in [3.63, 3.8) is 0 Å². The average Bonchev–Trinajstić information content (AvgIpc) is 2.38. The molecule has 0 unspecified atom stereocenters. The minimum atomic E-state index is -0.433. The number of carbonyl (C=O) groups excluding carboxylic acids is 2. The normalized spacial score (nSPS) is 9.41. The molecule has 0 saturated carbocycles. The number of benzene rings is 1. The molecule has 0 aliphatic heterocycles. The Hall–Kier alpha value is -2.16. The Kier molecular flexibility index (Phi) is 4.88. The second kappa shape index (κ2) is 6.43. The van der Waals surface area contributed by atoms with Crippen molar-refractivity contribution in [3.8, 4) is 0 Å². The van der Waals surface area contributed by atoms with Crippen LogP contribution in [0.25, 0.3) is 6.08 Å². The predicted molar refractivity (Wildman–Crippen MR) is 66.6 cm³/mol. The van der Waals surface area contributed by atoms with Crippen molar-refractivity contribution in [3.05, 3.63) is 54.6 Å². The average molecular weight is 230 g/mol. The number of carbonyl (C=O) groups is 2. The Balaban J connectivity index is 2.49. The van der Waals surface area contributed by atoms with E-state index in [9.17, 15) is 9.59 Å². The molecule has 17 heavy (non-hydrogen) atoms. The number of ketones is 1. The van der Waals surface area contributed by atoms with E-state index in [4.69, 9.17) is 4.74 Å². The Morgan fingerprint density at radius 2 is 1.82 bits per heavy atom. The van der Waals surface area contributed by atoms with Crippen molar-refractivity contribution in [1.82, 2.24) is 0 Å². The highest BCUT2D eigenvalue weighted by atomic mass is 16.5. The third-order valence-electron chi connectivity index (χ3n) is 2.19. The first-order valence-corrected chi connectivity index (χ1v) is 5.22. The lowest BCUT2D eigenvalue weighted by Gasteiger charge is -2.03. The van der Waals surface area contributed by atoms with Crippen LogP contribution < -0.4 is 0 Å². The zero-order valence-corrected chi connectivity index (χ0v) is 9.52. The van der Waals surface area contributed by atoms with Gasteiger partial charge in [0, 0.05) is 6.42 Å². The zero-order chi connectivity index (χ0) is 12.7. The first kappa shape index (κ1) is 12.9. The summed E-state index contributed by atoms with van der Waals surface area (Å²) in [4.78, 5) is 22.4. The van der Waals surface area contributed by atoms with E-state index in [2.05, 4.69) is 13.2 Å². The molecule has 0 radical (unpaired) electrons. The molecule has 0 aromatic heterocycles. The minimum Gasteiger partial charge on any atom is -0.462 e. The van der Waals surface area contributed by atoms with E-state index in [0.717, 1.165) is 5.56 Å². The Labute approximate surface area is 100 Å². The van der Waals surface area contributed by atoms with Gasteiger partial charge in [-0.05, 0) is 23.8 Å². The summed E-state index contributed by atoms with van der Waals surface area (Å²) in [5, 5.41) is 0. The Morgan fingerprint density at radius 3 is 2.35 bits per heavy atom. The maximum absolute atomic E-state index is 11.5. The molecule has 0 aliphatic rings. The van der Waals surface area contributed by atoms with E-state index in [1.165, 1.54) is 6.08 Å². The van der Waals surface area contributed by atoms with Crippen LogP contribution in [-0.2, 0) is 9.53 Å². The molecule has 0 N–H and O–H groups in total. The quantitative estimate of drug-likeness (QED) is 0.557. The van der Waals surface area contributed by atoms with Crippen molar-refractivity contribution < 1.29 is 14.3 Å². The molecule has 1 rings (SSSR count). The van der Waals surface area contributed by atoms with Crippen LogP contribution in [-0.4, -0.2) is 18.4 Å². The van der Waals surface area contributed by atoms with Crippen LogP contribution in [0.5, 0.6) is 0 Å². The molecule has 0 bridgehead atoms. The molecule has 0 spiro atoms. The fraction of sp³-hybridized carbons (Fsp3) is 0.143. The van der Waals surface area contributed by atoms with Crippen molar-refractivity contribution >= 4 is 17.8 Å². The van der Waals surface area contributed by atoms with Gasteiger partial charge in [-0.1, -0.05) is 31.4 Å². The fourth-order valence-corrected chi connectivity index (χ4v) is 1.19. The van der Waals surface area contributed by atoms with Crippen molar-refractivity contribution in [1.29, 1.82) is 0 Å². The zero-order valence-electron chi connectivity index (χ0n) is 9.52. The van der Waals surface area contributed by atoms with E-state index < -0.39 is 5.97 Å². The SMILES string of the molecule is C=CC(=O)CCOC(=O)c1ccc(C=C)cc1. The highest BCUT2D eigenvalue weighted by molar-refractivity contribution is 5.91. The number of ether oxygens (including phenoxy) is 1. The third kappa shape index (κ3) is 4.07. The first-order valence-electron chi connectivity index (χ1n) is 5.22. The monoisotopic (exact) mass is 230 g/mol. The van der Waals surface area contributed by atoms with E-state index >= 15 is 0 Å². The van der Waals surface area contributed by atoms with E-state index in [1.54, 1.807) is 30.3 Å². The second-order valence-electron chi connectivity index (χ2n) is 3.38. The van der Waals surface area contributed by atoms with Crippen LogP contribution >= 0.6 is 0 Å². The van der Waals surface area contributed by atoms with Gasteiger partial charge in [0.2, 0.25) is 0 Å². The lowest BCUT2D eigenvalue weighted by Crippen LogP contribution is -2.08. The summed E-state index contributed by atoms with van der Waals surface area (Å²) < 4.78 is 4.94. The lowest BCUT2D eigenvalue weighted by molar-refractivity contribution is -0.115. The summed E-state index contributed by atoms with van der Waals surface area (Å²) >= 11 is 0. The minimum absolute atomic E-state index is 0.0763. The van der Waals surface area contributed by atoms with Gasteiger partial charge in [0.05, 0.1) is 12.2 Å². The fourth-order valence-electron chi connectivity index (χ4n) is 1.19. The van der Waals surface area contributed by atoms with Crippen molar-refractivity contribution in [2.75, 3.05) is 6.61 Å². The molecule has 0 aliphatic carbocycles. The molecule has 0 heterocycles. The maximum atomic E-state index is 11.5. The van der Waals surface area contributed by atoms with Crippen LogP contribution in [0.4, 0.5) is 0 Å². The molecule has 0 atom stereocenters. The van der Waals surface area contributed by atoms with E-state index in [-0.39, 0.29) is 18.8 Å². The Bertz CT molecular complexity index is 429. The van der Waals surface area contributed by atoms with Crippen LogP contribution in [0.3, 0.4) is 0 Å². The summed E-state index contributed by atoms with van der Waals surface area (Å²) in [5.41, 5.74) is 1.39. The lowest BCUT2D eigenvalue weighted by atomic mass is 10.1. The van der Waals surface area contributed by atoms with Crippen LogP contribution in [0, 0.1) is 0 Å². The molecule has 0 saturated heterocycles. The summed E-state index contributed by atoms with van der Waals surface area (Å²) in [6.45, 7) is 7.03. The topological polar surface area (TPSA) is 43.4 Å². The number of esters is 1. The van der Waals surface area contributed by atoms with Gasteiger partial charge in [-0.2, -0.15) is 0 Å². The van der Waals surface area contributed by atoms with E-state index in [0.29, 0.717) is 5.56 Å². The molecule has 1 aromatic carbocycles. The molecule has 3 heteroatoms. The molecule has 0 fully saturated rings. The molecular weight excluding hydrogens is 216 g/mol. The predicted octanol–water partition coefficient (Wildman–Crippen LogP) is 2.63. The third-order valence-corrected chi connectivity index (χ3v) is 2.19. The first-order chi connectivity index (χ1) is 8.17. The summed E-state index contributed by atoms with van der Waals surface area (Å²) in [7, 11) is 0. The van der Waals surface area contributed by atoms with Crippen LogP contribution in [0.1, 0.15) is 22.3 Å². The smallest absolute Gasteiger partial charge is 0.338 e. The molecular formula is C14H14O3. The van der Waals surface area contributed by atoms with E-state index in [1.807, 2.05) is 0 Å². The van der Waals surface area contributed by atoms with Gasteiger partial charge in [-0.15, -0.1) is 0 Å². The number of allylic oxidation sites excluding steroid dienone is 1. The number of rotatable bonds is 6. The van der Waals surface area contributed by atoms with Crippen LogP contribution in [0.2, 0.25) is 0 Å². The number of hydrogen-bond acceptors (Lipinski definition) is 3. The van der Waals surface area contributed by atoms with Crippen molar-refractivity contribution in [2.24, 2.45) is 0 Å². The van der Waals surface area contributed by atoms with Gasteiger partial charge < -0.3 is 4.74 Å². The van der Waals surface area contributed by atoms with Crippen molar-refractivity contribution in [2.45, 2.75) is 6.42 Å². The number of hydrogen-bond donors (Lipinski definition) is 0. The van der Waals surface area contributed by atoms with Gasteiger partial charge in [0.15, 0.2) is 5.78 Å². The van der Waals surface area contributed by atoms with Gasteiger partial charge in [-0.3, -0.25) is 4.79 Å². The van der Waals surface area contributed by atoms with Gasteiger partial charge in [0.25, 0.3) is 0 Å². The van der Waals surface area contributed by atoms with Crippen LogP contribution in [0.15, 0.2) is 43.5 Å². The Morgan fingerprint density at radius 1 is 1.18 bits per heavy atom. The summed E-state index contributed by atoms with van der Waals surface area (Å²) in [6, 6.07) is 6.88. The highest BCUT2D eigenvalue weighted by Gasteiger charge is 2.06. The molecule has 3 nitrogen and oxygen atoms in total. The molecule has 0 amide bonds. The maximum Gasteiger partial charge on any atom is 0.338 e. The highest BCUT2D eigenvalue weighted by Crippen LogP contribution is 2.07. The van der Waals surface area contributed by atoms with Gasteiger partial charge in [-0.25, -0.2) is 4.79 Å². The summed E-state index contributed by atoms with van der Waals surface area (Å²) in [6.07, 6.45) is 3.07. The van der Waals surface area contributed by atoms with Gasteiger partial charge in [0.1, 0.15) is 0 Å². The van der Waals surface area contributed by atoms with Gasteiger partial charge >= 0.3 is 5.97 Å². The second-order valence-corrected chi connectivity index (χ2v) is 3.38. The molecule has 88 valence electrons. The summed E-state index contributed by atoms with van der Waals surface area (Å²) in [5.74, 6) is -0.572. The molecule has 1 aromatic rings.